The van der Waals surface area contributed by atoms with Gasteiger partial charge in [0, 0.05) is 24.6 Å². The third kappa shape index (κ3) is 4.08. The molecule has 4 heteroatoms. The van der Waals surface area contributed by atoms with Crippen LogP contribution in [0.2, 0.25) is 0 Å². The Labute approximate surface area is 119 Å². The van der Waals surface area contributed by atoms with Crippen LogP contribution in [0.4, 0.5) is 0 Å². The van der Waals surface area contributed by atoms with Crippen molar-refractivity contribution < 1.29 is 9.59 Å². The molecule has 2 N–H and O–H groups in total. The Morgan fingerprint density at radius 2 is 2.10 bits per heavy atom. The molecule has 1 heterocycles. The van der Waals surface area contributed by atoms with Gasteiger partial charge in [0.1, 0.15) is 0 Å². The molecule has 108 valence electrons. The molecule has 1 unspecified atom stereocenters. The smallest absolute Gasteiger partial charge is 0.251 e. The standard InChI is InChI=1S/C16H22N2O2/c1-2-3-4-12-5-7-13(8-6-12)16(20)18-14-9-10-15(19)17-11-14/h5-8,14H,2-4,9-11H2,1H3,(H,17,19)(H,18,20). The van der Waals surface area contributed by atoms with Gasteiger partial charge in [-0.2, -0.15) is 0 Å². The van der Waals surface area contributed by atoms with Crippen LogP contribution in [-0.2, 0) is 11.2 Å². The van der Waals surface area contributed by atoms with Crippen molar-refractivity contribution in [2.24, 2.45) is 0 Å². The minimum Gasteiger partial charge on any atom is -0.354 e. The molecule has 2 amide bonds. The number of nitrogens with one attached hydrogen (secondary N) is 2. The van der Waals surface area contributed by atoms with Gasteiger partial charge in [-0.05, 0) is 37.0 Å². The van der Waals surface area contributed by atoms with Gasteiger partial charge in [-0.15, -0.1) is 0 Å². The van der Waals surface area contributed by atoms with Crippen LogP contribution in [0.25, 0.3) is 0 Å². The van der Waals surface area contributed by atoms with Crippen LogP contribution in [0.15, 0.2) is 24.3 Å². The maximum absolute atomic E-state index is 12.1. The molecular formula is C16H22N2O2. The number of piperidine rings is 1. The summed E-state index contributed by atoms with van der Waals surface area (Å²) in [5.41, 5.74) is 1.95. The highest BCUT2D eigenvalue weighted by atomic mass is 16.2. The van der Waals surface area contributed by atoms with Crippen molar-refractivity contribution in [1.29, 1.82) is 0 Å². The maximum atomic E-state index is 12.1. The Morgan fingerprint density at radius 3 is 2.70 bits per heavy atom. The quantitative estimate of drug-likeness (QED) is 0.863. The third-order valence-electron chi connectivity index (χ3n) is 3.64. The normalized spacial score (nSPS) is 18.4. The Balaban J connectivity index is 1.87. The fourth-order valence-corrected chi connectivity index (χ4v) is 2.33. The molecule has 1 aliphatic rings. The fourth-order valence-electron chi connectivity index (χ4n) is 2.33. The van der Waals surface area contributed by atoms with E-state index >= 15 is 0 Å². The second-order valence-electron chi connectivity index (χ2n) is 5.31. The van der Waals surface area contributed by atoms with Gasteiger partial charge in [-0.1, -0.05) is 25.5 Å². The average molecular weight is 274 g/mol. The Kier molecular flexibility index (Phi) is 5.16. The zero-order valence-corrected chi connectivity index (χ0v) is 11.9. The van der Waals surface area contributed by atoms with E-state index in [-0.39, 0.29) is 17.9 Å². The minimum atomic E-state index is -0.0619. The molecule has 1 fully saturated rings. The maximum Gasteiger partial charge on any atom is 0.251 e. The predicted molar refractivity (Wildman–Crippen MR) is 78.6 cm³/mol. The minimum absolute atomic E-state index is 0.0416. The van der Waals surface area contributed by atoms with Crippen LogP contribution in [0.5, 0.6) is 0 Å². The van der Waals surface area contributed by atoms with E-state index in [4.69, 9.17) is 0 Å². The van der Waals surface area contributed by atoms with E-state index in [0.717, 1.165) is 6.42 Å². The summed E-state index contributed by atoms with van der Waals surface area (Å²) in [6.07, 6.45) is 4.61. The van der Waals surface area contributed by atoms with Gasteiger partial charge in [0.2, 0.25) is 5.91 Å². The van der Waals surface area contributed by atoms with Crippen molar-refractivity contribution >= 4 is 11.8 Å². The van der Waals surface area contributed by atoms with Crippen molar-refractivity contribution in [1.82, 2.24) is 10.6 Å². The largest absolute Gasteiger partial charge is 0.354 e. The highest BCUT2D eigenvalue weighted by Crippen LogP contribution is 2.09. The highest BCUT2D eigenvalue weighted by molar-refractivity contribution is 5.94. The molecule has 2 rings (SSSR count). The number of hydrogen-bond acceptors (Lipinski definition) is 2. The van der Waals surface area contributed by atoms with Gasteiger partial charge < -0.3 is 10.6 Å². The van der Waals surface area contributed by atoms with Crippen molar-refractivity contribution in [3.8, 4) is 0 Å². The van der Waals surface area contributed by atoms with E-state index in [2.05, 4.69) is 17.6 Å². The number of unbranched alkanes of at least 4 members (excludes halogenated alkanes) is 1. The summed E-state index contributed by atoms with van der Waals surface area (Å²) in [6.45, 7) is 2.70. The lowest BCUT2D eigenvalue weighted by Crippen LogP contribution is -2.47. The van der Waals surface area contributed by atoms with Gasteiger partial charge in [0.05, 0.1) is 0 Å². The molecule has 1 aliphatic heterocycles. The van der Waals surface area contributed by atoms with Crippen LogP contribution < -0.4 is 10.6 Å². The fraction of sp³-hybridized carbons (Fsp3) is 0.500. The van der Waals surface area contributed by atoms with Gasteiger partial charge >= 0.3 is 0 Å². The van der Waals surface area contributed by atoms with E-state index in [0.29, 0.717) is 24.9 Å². The summed E-state index contributed by atoms with van der Waals surface area (Å²) in [5, 5.41) is 5.73. The molecule has 0 radical (unpaired) electrons. The Hall–Kier alpha value is -1.84. The van der Waals surface area contributed by atoms with Crippen LogP contribution in [0.1, 0.15) is 48.5 Å². The first-order valence-electron chi connectivity index (χ1n) is 7.35. The molecule has 20 heavy (non-hydrogen) atoms. The lowest BCUT2D eigenvalue weighted by Gasteiger charge is -2.23. The third-order valence-corrected chi connectivity index (χ3v) is 3.64. The van der Waals surface area contributed by atoms with Crippen molar-refractivity contribution in [3.63, 3.8) is 0 Å². The predicted octanol–water partition coefficient (Wildman–Crippen LogP) is 2.04. The molecule has 0 spiro atoms. The van der Waals surface area contributed by atoms with Crippen molar-refractivity contribution in [2.75, 3.05) is 6.54 Å². The SMILES string of the molecule is CCCCc1ccc(C(=O)NC2CCC(=O)NC2)cc1. The van der Waals surface area contributed by atoms with Crippen molar-refractivity contribution in [2.45, 2.75) is 45.1 Å². The number of hydrogen-bond donors (Lipinski definition) is 2. The monoisotopic (exact) mass is 274 g/mol. The number of carbonyl (C=O) groups is 2. The molecule has 0 saturated carbocycles. The van der Waals surface area contributed by atoms with E-state index < -0.39 is 0 Å². The molecule has 1 aromatic rings. The van der Waals surface area contributed by atoms with Crippen LogP contribution in [0.3, 0.4) is 0 Å². The molecule has 0 aromatic heterocycles. The number of amides is 2. The molecular weight excluding hydrogens is 252 g/mol. The first kappa shape index (κ1) is 14.6. The van der Waals surface area contributed by atoms with Crippen LogP contribution in [0, 0.1) is 0 Å². The molecule has 0 bridgehead atoms. The molecule has 1 atom stereocenters. The lowest BCUT2D eigenvalue weighted by atomic mass is 10.0. The van der Waals surface area contributed by atoms with E-state index in [1.807, 2.05) is 24.3 Å². The number of rotatable bonds is 5. The van der Waals surface area contributed by atoms with Gasteiger partial charge in [0.15, 0.2) is 0 Å². The zero-order chi connectivity index (χ0) is 14.4. The second kappa shape index (κ2) is 7.08. The Morgan fingerprint density at radius 1 is 1.35 bits per heavy atom. The number of carbonyl (C=O) groups excluding carboxylic acids is 2. The van der Waals surface area contributed by atoms with E-state index in [9.17, 15) is 9.59 Å². The number of benzene rings is 1. The summed E-state index contributed by atoms with van der Waals surface area (Å²) in [6, 6.07) is 7.84. The summed E-state index contributed by atoms with van der Waals surface area (Å²) in [7, 11) is 0. The summed E-state index contributed by atoms with van der Waals surface area (Å²) in [4.78, 5) is 23.2. The zero-order valence-electron chi connectivity index (χ0n) is 11.9. The molecule has 1 saturated heterocycles. The van der Waals surface area contributed by atoms with Gasteiger partial charge in [0.25, 0.3) is 5.91 Å². The highest BCUT2D eigenvalue weighted by Gasteiger charge is 2.19. The summed E-state index contributed by atoms with van der Waals surface area (Å²) >= 11 is 0. The summed E-state index contributed by atoms with van der Waals surface area (Å²) in [5.74, 6) is 0.00367. The molecule has 4 nitrogen and oxygen atoms in total. The van der Waals surface area contributed by atoms with Gasteiger partial charge in [-0.25, -0.2) is 0 Å². The first-order chi connectivity index (χ1) is 9.69. The van der Waals surface area contributed by atoms with Crippen molar-refractivity contribution in [3.05, 3.63) is 35.4 Å². The van der Waals surface area contributed by atoms with Gasteiger partial charge in [-0.3, -0.25) is 9.59 Å². The Bertz CT molecular complexity index is 458. The molecule has 0 aliphatic carbocycles. The van der Waals surface area contributed by atoms with Crippen LogP contribution in [-0.4, -0.2) is 24.4 Å². The molecule has 1 aromatic carbocycles. The second-order valence-corrected chi connectivity index (χ2v) is 5.31. The van der Waals surface area contributed by atoms with E-state index in [1.54, 1.807) is 0 Å². The lowest BCUT2D eigenvalue weighted by molar-refractivity contribution is -0.122. The average Bonchev–Trinajstić information content (AvgIpc) is 2.48. The topological polar surface area (TPSA) is 58.2 Å². The van der Waals surface area contributed by atoms with Crippen LogP contribution >= 0.6 is 0 Å². The summed E-state index contributed by atoms with van der Waals surface area (Å²) < 4.78 is 0. The first-order valence-corrected chi connectivity index (χ1v) is 7.35. The number of aryl methyl sites for hydroxylation is 1. The van der Waals surface area contributed by atoms with E-state index in [1.165, 1.54) is 18.4 Å².